The number of hydrogen-bond donors (Lipinski definition) is 1. The van der Waals surface area contributed by atoms with E-state index >= 15 is 0 Å². The van der Waals surface area contributed by atoms with Crippen molar-refractivity contribution in [1.29, 1.82) is 4.78 Å². The van der Waals surface area contributed by atoms with Crippen LogP contribution in [-0.4, -0.2) is 29.6 Å². The molecule has 4 heavy (non-hydrogen) atoms. The van der Waals surface area contributed by atoms with E-state index in [4.69, 9.17) is 4.78 Å². The normalized spacial score (nSPS) is 1.00. The van der Waals surface area contributed by atoms with E-state index in [-0.39, 0.29) is 43.1 Å². The third kappa shape index (κ3) is 10.1. The van der Waals surface area contributed by atoms with Crippen molar-refractivity contribution in [2.24, 2.45) is 0 Å². The van der Waals surface area contributed by atoms with Crippen LogP contribution in [-0.2, 0) is 12.4 Å². The van der Waals surface area contributed by atoms with Crippen LogP contribution >= 0.6 is 13.5 Å². The minimum atomic E-state index is 0. The van der Waals surface area contributed by atoms with Crippen LogP contribution in [0.3, 0.4) is 0 Å². The van der Waals surface area contributed by atoms with Gasteiger partial charge in [0.2, 0.25) is 0 Å². The van der Waals surface area contributed by atoms with Gasteiger partial charge in [-0.2, -0.15) is 13.5 Å². The van der Waals surface area contributed by atoms with Crippen LogP contribution in [0, 0.1) is 4.78 Å². The zero-order valence-corrected chi connectivity index (χ0v) is 3.22. The van der Waals surface area contributed by atoms with Gasteiger partial charge < -0.3 is 0 Å². The molecule has 0 aliphatic carbocycles. The van der Waals surface area contributed by atoms with E-state index in [1.165, 1.54) is 0 Å². The van der Waals surface area contributed by atoms with E-state index in [1.807, 2.05) is 0 Å². The molecule has 0 spiro atoms. The van der Waals surface area contributed by atoms with Crippen molar-refractivity contribution in [3.05, 3.63) is 0 Å². The average Bonchev–Trinajstić information content (AvgIpc) is 1.00. The molecular formula is H4NNaS2. The van der Waals surface area contributed by atoms with E-state index < -0.39 is 0 Å². The van der Waals surface area contributed by atoms with Crippen LogP contribution in [0.2, 0.25) is 0 Å². The molecule has 0 unspecified atom stereocenters. The molecule has 4 heteroatoms. The topological polar surface area (TPSA) is 23.9 Å². The van der Waals surface area contributed by atoms with Crippen molar-refractivity contribution in [2.75, 3.05) is 0 Å². The Bertz CT molecular complexity index is 6.00. The summed E-state index contributed by atoms with van der Waals surface area (Å²) in [6, 6.07) is 0. The molecule has 0 saturated carbocycles. The monoisotopic (exact) mass is 105 g/mol. The summed E-state index contributed by atoms with van der Waals surface area (Å²) in [4.78, 5) is 0. The van der Waals surface area contributed by atoms with Gasteiger partial charge in [0.05, 0.1) is 0 Å². The van der Waals surface area contributed by atoms with Crippen molar-refractivity contribution < 1.29 is 0 Å². The molecule has 0 rings (SSSR count). The Kier molecular flexibility index (Phi) is 121. The second kappa shape index (κ2) is 26.4. The van der Waals surface area contributed by atoms with Gasteiger partial charge >= 0.3 is 29.6 Å². The van der Waals surface area contributed by atoms with Crippen LogP contribution in [0.4, 0.5) is 0 Å². The SMILES string of the molecule is N=S.S.[NaH]. The summed E-state index contributed by atoms with van der Waals surface area (Å²) in [5.41, 5.74) is 0. The average molecular weight is 105 g/mol. The first-order chi connectivity index (χ1) is 1.00. The van der Waals surface area contributed by atoms with Gasteiger partial charge in [-0.3, -0.25) is 0 Å². The maximum atomic E-state index is 5.33. The summed E-state index contributed by atoms with van der Waals surface area (Å²) in [5, 5.41) is 0. The Morgan fingerprint density at radius 1 is 1.25 bits per heavy atom. The van der Waals surface area contributed by atoms with Gasteiger partial charge in [0, 0.05) is 12.4 Å². The Morgan fingerprint density at radius 3 is 1.25 bits per heavy atom. The van der Waals surface area contributed by atoms with Crippen LogP contribution in [0.15, 0.2) is 0 Å². The molecule has 22 valence electrons. The van der Waals surface area contributed by atoms with Gasteiger partial charge in [-0.1, -0.05) is 0 Å². The molecule has 0 aromatic heterocycles. The van der Waals surface area contributed by atoms with Gasteiger partial charge in [0.1, 0.15) is 0 Å². The van der Waals surface area contributed by atoms with E-state index in [0.29, 0.717) is 0 Å². The van der Waals surface area contributed by atoms with E-state index in [0.717, 1.165) is 0 Å². The first-order valence-electron chi connectivity index (χ1n) is 0.204. The quantitative estimate of drug-likeness (QED) is 0.422. The molecule has 0 aromatic carbocycles. The summed E-state index contributed by atoms with van der Waals surface area (Å²) in [6.07, 6.45) is 0. The van der Waals surface area contributed by atoms with Gasteiger partial charge in [0.15, 0.2) is 0 Å². The fourth-order valence-electron chi connectivity index (χ4n) is 0. The van der Waals surface area contributed by atoms with Crippen molar-refractivity contribution in [3.8, 4) is 0 Å². The Balaban J connectivity index is -0.00000000500. The summed E-state index contributed by atoms with van der Waals surface area (Å²) in [5.74, 6) is 0. The van der Waals surface area contributed by atoms with Crippen LogP contribution < -0.4 is 0 Å². The van der Waals surface area contributed by atoms with Gasteiger partial charge in [0.25, 0.3) is 0 Å². The Labute approximate surface area is 59.9 Å². The van der Waals surface area contributed by atoms with Crippen LogP contribution in [0.1, 0.15) is 0 Å². The molecule has 0 heterocycles. The van der Waals surface area contributed by atoms with Gasteiger partial charge in [-0.15, -0.1) is 0 Å². The predicted molar refractivity (Wildman–Crippen MR) is 27.6 cm³/mol. The van der Waals surface area contributed by atoms with E-state index in [1.54, 1.807) is 0 Å². The summed E-state index contributed by atoms with van der Waals surface area (Å²) in [6.45, 7) is 0. The zero-order chi connectivity index (χ0) is 2.00. The summed E-state index contributed by atoms with van der Waals surface area (Å²) in [7, 11) is 0. The Hall–Kier alpha value is 1.37. The molecule has 0 fully saturated rings. The van der Waals surface area contributed by atoms with Crippen LogP contribution in [0.25, 0.3) is 0 Å². The molecule has 0 atom stereocenters. The second-order valence-corrected chi connectivity index (χ2v) is 0. The molecule has 0 aliphatic rings. The Morgan fingerprint density at radius 2 is 1.25 bits per heavy atom. The third-order valence-corrected chi connectivity index (χ3v) is 0. The fourth-order valence-corrected chi connectivity index (χ4v) is 0. The standard InChI is InChI=1S/HNS.Na.H2S.H/c1-2;;;/h1H;;1H2;. The van der Waals surface area contributed by atoms with Gasteiger partial charge in [-0.05, 0) is 0 Å². The summed E-state index contributed by atoms with van der Waals surface area (Å²) >= 11 is 3.33. The summed E-state index contributed by atoms with van der Waals surface area (Å²) < 4.78 is 5.33. The number of hydrogen-bond acceptors (Lipinski definition) is 2. The van der Waals surface area contributed by atoms with Gasteiger partial charge in [-0.25, -0.2) is 4.78 Å². The minimum absolute atomic E-state index is 0. The molecule has 0 bridgehead atoms. The molecule has 0 aliphatic heterocycles. The van der Waals surface area contributed by atoms with Crippen LogP contribution in [0.5, 0.6) is 0 Å². The number of nitrogens with one attached hydrogen (secondary N) is 1. The van der Waals surface area contributed by atoms with E-state index in [2.05, 4.69) is 12.4 Å². The van der Waals surface area contributed by atoms with Crippen molar-refractivity contribution in [1.82, 2.24) is 0 Å². The first kappa shape index (κ1) is 18.3. The molecule has 1 N–H and O–H groups in total. The molecule has 0 aromatic rings. The first-order valence-corrected chi connectivity index (χ1v) is 0.612. The molecule has 1 nitrogen and oxygen atoms in total. The second-order valence-electron chi connectivity index (χ2n) is 0. The van der Waals surface area contributed by atoms with Crippen molar-refractivity contribution >= 4 is 55.5 Å². The third-order valence-electron chi connectivity index (χ3n) is 0. The van der Waals surface area contributed by atoms with Crippen molar-refractivity contribution in [2.45, 2.75) is 0 Å². The molecular weight excluding hydrogens is 101 g/mol. The van der Waals surface area contributed by atoms with Crippen molar-refractivity contribution in [3.63, 3.8) is 0 Å². The molecule has 0 radical (unpaired) electrons. The molecule has 0 saturated heterocycles. The maximum absolute atomic E-state index is 5.33. The molecule has 0 amide bonds. The van der Waals surface area contributed by atoms with E-state index in [9.17, 15) is 0 Å². The zero-order valence-electron chi connectivity index (χ0n) is 1.41. The number of rotatable bonds is 0. The fraction of sp³-hybridized carbons (Fsp3) is 0. The predicted octanol–water partition coefficient (Wildman–Crippen LogP) is -0.240.